The molecule has 1 atom stereocenters. The minimum Gasteiger partial charge on any atom is -0.468 e. The molecule has 3 rings (SSSR count). The summed E-state index contributed by atoms with van der Waals surface area (Å²) in [6.07, 6.45) is 1.73. The molecular formula is C13H14ClNO5S3. The third kappa shape index (κ3) is 3.63. The van der Waals surface area contributed by atoms with Crippen LogP contribution in [0.25, 0.3) is 0 Å². The van der Waals surface area contributed by atoms with E-state index in [9.17, 15) is 16.8 Å². The zero-order valence-electron chi connectivity index (χ0n) is 11.9. The highest BCUT2D eigenvalue weighted by Gasteiger charge is 2.39. The van der Waals surface area contributed by atoms with Gasteiger partial charge in [-0.05, 0) is 30.7 Å². The Morgan fingerprint density at radius 3 is 2.65 bits per heavy atom. The molecule has 0 spiro atoms. The van der Waals surface area contributed by atoms with Crippen LogP contribution < -0.4 is 0 Å². The number of hydrogen-bond acceptors (Lipinski definition) is 6. The van der Waals surface area contributed by atoms with Gasteiger partial charge in [-0.1, -0.05) is 11.6 Å². The predicted octanol–water partition coefficient (Wildman–Crippen LogP) is 2.37. The van der Waals surface area contributed by atoms with Crippen molar-refractivity contribution in [2.75, 3.05) is 11.5 Å². The molecule has 0 radical (unpaired) electrons. The number of rotatable bonds is 5. The first kappa shape index (κ1) is 17.0. The van der Waals surface area contributed by atoms with Gasteiger partial charge in [0, 0.05) is 6.04 Å². The van der Waals surface area contributed by atoms with E-state index in [-0.39, 0.29) is 28.7 Å². The number of nitrogens with zero attached hydrogens (tertiary/aromatic N) is 1. The molecule has 0 unspecified atom stereocenters. The van der Waals surface area contributed by atoms with Crippen molar-refractivity contribution in [3.8, 4) is 0 Å². The van der Waals surface area contributed by atoms with Crippen LogP contribution >= 0.6 is 22.9 Å². The normalized spacial score (nSPS) is 21.0. The SMILES string of the molecule is O=S1(=O)CC[C@H](N(Cc2ccco2)S(=O)(=O)c2ccc(Cl)s2)C1. The number of hydrogen-bond donors (Lipinski definition) is 0. The summed E-state index contributed by atoms with van der Waals surface area (Å²) < 4.78 is 56.2. The van der Waals surface area contributed by atoms with Crippen molar-refractivity contribution in [1.82, 2.24) is 4.31 Å². The maximum absolute atomic E-state index is 12.9. The summed E-state index contributed by atoms with van der Waals surface area (Å²) in [4.78, 5) is 0. The lowest BCUT2D eigenvalue weighted by molar-refractivity contribution is 0.307. The highest BCUT2D eigenvalue weighted by Crippen LogP contribution is 2.32. The fraction of sp³-hybridized carbons (Fsp3) is 0.385. The van der Waals surface area contributed by atoms with Crippen molar-refractivity contribution >= 4 is 42.8 Å². The van der Waals surface area contributed by atoms with Gasteiger partial charge < -0.3 is 4.42 Å². The summed E-state index contributed by atoms with van der Waals surface area (Å²) in [5.74, 6) is 0.277. The van der Waals surface area contributed by atoms with Gasteiger partial charge in [-0.15, -0.1) is 11.3 Å². The molecule has 23 heavy (non-hydrogen) atoms. The number of halogens is 1. The van der Waals surface area contributed by atoms with Crippen LogP contribution in [0.5, 0.6) is 0 Å². The van der Waals surface area contributed by atoms with Crippen molar-refractivity contribution in [1.29, 1.82) is 0 Å². The zero-order valence-corrected chi connectivity index (χ0v) is 15.1. The van der Waals surface area contributed by atoms with E-state index in [0.717, 1.165) is 11.3 Å². The van der Waals surface area contributed by atoms with Crippen LogP contribution in [0, 0.1) is 0 Å². The van der Waals surface area contributed by atoms with Crippen LogP contribution in [-0.4, -0.2) is 38.7 Å². The number of furan rings is 1. The van der Waals surface area contributed by atoms with Crippen LogP contribution in [0.2, 0.25) is 4.34 Å². The minimum absolute atomic E-state index is 0.00691. The fourth-order valence-electron chi connectivity index (χ4n) is 2.52. The molecule has 0 saturated carbocycles. The first-order valence-corrected chi connectivity index (χ1v) is 11.2. The summed E-state index contributed by atoms with van der Waals surface area (Å²) in [7, 11) is -7.06. The Hall–Kier alpha value is -0.870. The molecule has 1 aliphatic rings. The summed E-state index contributed by atoms with van der Waals surface area (Å²) in [5, 5.41) is 0. The van der Waals surface area contributed by atoms with E-state index in [0.29, 0.717) is 10.1 Å². The molecule has 126 valence electrons. The molecule has 1 fully saturated rings. The van der Waals surface area contributed by atoms with Crippen molar-refractivity contribution in [3.63, 3.8) is 0 Å². The average Bonchev–Trinajstić information content (AvgIpc) is 3.17. The average molecular weight is 396 g/mol. The van der Waals surface area contributed by atoms with E-state index >= 15 is 0 Å². The lowest BCUT2D eigenvalue weighted by Crippen LogP contribution is -2.40. The van der Waals surface area contributed by atoms with Crippen LogP contribution in [0.1, 0.15) is 12.2 Å². The smallest absolute Gasteiger partial charge is 0.253 e. The van der Waals surface area contributed by atoms with E-state index < -0.39 is 25.9 Å². The highest BCUT2D eigenvalue weighted by atomic mass is 35.5. The third-order valence-corrected chi connectivity index (χ3v) is 8.97. The molecular weight excluding hydrogens is 382 g/mol. The fourth-order valence-corrected chi connectivity index (χ4v) is 7.58. The van der Waals surface area contributed by atoms with Crippen LogP contribution in [-0.2, 0) is 26.4 Å². The van der Waals surface area contributed by atoms with Gasteiger partial charge >= 0.3 is 0 Å². The Morgan fingerprint density at radius 1 is 1.35 bits per heavy atom. The van der Waals surface area contributed by atoms with Gasteiger partial charge in [-0.25, -0.2) is 16.8 Å². The first-order valence-electron chi connectivity index (χ1n) is 6.78. The monoisotopic (exact) mass is 395 g/mol. The van der Waals surface area contributed by atoms with Crippen molar-refractivity contribution in [2.24, 2.45) is 0 Å². The van der Waals surface area contributed by atoms with Gasteiger partial charge in [-0.2, -0.15) is 4.31 Å². The largest absolute Gasteiger partial charge is 0.468 e. The van der Waals surface area contributed by atoms with E-state index in [1.54, 1.807) is 12.1 Å². The topological polar surface area (TPSA) is 84.7 Å². The lowest BCUT2D eigenvalue weighted by atomic mass is 10.2. The molecule has 0 aliphatic carbocycles. The molecule has 2 aromatic rings. The maximum Gasteiger partial charge on any atom is 0.253 e. The Balaban J connectivity index is 1.97. The number of sulfone groups is 1. The zero-order chi connectivity index (χ0) is 16.7. The Kier molecular flexibility index (Phi) is 4.58. The van der Waals surface area contributed by atoms with Gasteiger partial charge in [0.2, 0.25) is 0 Å². The minimum atomic E-state index is -3.85. The van der Waals surface area contributed by atoms with Crippen molar-refractivity contribution < 1.29 is 21.3 Å². The predicted molar refractivity (Wildman–Crippen MR) is 87.8 cm³/mol. The Bertz CT molecular complexity index is 886. The molecule has 1 saturated heterocycles. The molecule has 6 nitrogen and oxygen atoms in total. The molecule has 0 amide bonds. The number of thiophene rings is 1. The second-order valence-corrected chi connectivity index (χ2v) is 11.3. The molecule has 0 aromatic carbocycles. The quantitative estimate of drug-likeness (QED) is 0.775. The highest BCUT2D eigenvalue weighted by molar-refractivity contribution is 7.92. The van der Waals surface area contributed by atoms with Gasteiger partial charge in [-0.3, -0.25) is 0 Å². The van der Waals surface area contributed by atoms with E-state index in [1.165, 1.54) is 22.7 Å². The van der Waals surface area contributed by atoms with Gasteiger partial charge in [0.05, 0.1) is 28.6 Å². The number of sulfonamides is 1. The van der Waals surface area contributed by atoms with E-state index in [4.69, 9.17) is 16.0 Å². The van der Waals surface area contributed by atoms with Crippen molar-refractivity contribution in [3.05, 3.63) is 40.6 Å². The summed E-state index contributed by atoms with van der Waals surface area (Å²) in [6, 6.07) is 5.66. The molecule has 10 heteroatoms. The maximum atomic E-state index is 12.9. The Morgan fingerprint density at radius 2 is 2.13 bits per heavy atom. The summed E-state index contributed by atoms with van der Waals surface area (Å²) in [5.41, 5.74) is 0. The van der Waals surface area contributed by atoms with E-state index in [2.05, 4.69) is 0 Å². The van der Waals surface area contributed by atoms with Gasteiger partial charge in [0.25, 0.3) is 10.0 Å². The second-order valence-electron chi connectivity index (χ2n) is 5.25. The van der Waals surface area contributed by atoms with Crippen molar-refractivity contribution in [2.45, 2.75) is 23.2 Å². The third-order valence-electron chi connectivity index (χ3n) is 3.62. The second kappa shape index (κ2) is 6.21. The molecule has 1 aliphatic heterocycles. The molecule has 2 aromatic heterocycles. The van der Waals surface area contributed by atoms with Crippen LogP contribution in [0.15, 0.2) is 39.2 Å². The Labute approximate surface area is 143 Å². The van der Waals surface area contributed by atoms with Gasteiger partial charge in [0.15, 0.2) is 9.84 Å². The molecule has 0 bridgehead atoms. The standard InChI is InChI=1S/C13H14ClNO5S3/c14-12-3-4-13(21-12)23(18,19)15(8-11-2-1-6-20-11)10-5-7-22(16,17)9-10/h1-4,6,10H,5,7-9H2/t10-/m0/s1. The van der Waals surface area contributed by atoms with E-state index in [1.807, 2.05) is 0 Å². The summed E-state index contributed by atoms with van der Waals surface area (Å²) in [6.45, 7) is -0.00889. The lowest BCUT2D eigenvalue weighted by Gasteiger charge is -2.25. The summed E-state index contributed by atoms with van der Waals surface area (Å²) >= 11 is 6.79. The van der Waals surface area contributed by atoms with Gasteiger partial charge in [0.1, 0.15) is 9.97 Å². The first-order chi connectivity index (χ1) is 10.8. The van der Waals surface area contributed by atoms with Crippen LogP contribution in [0.4, 0.5) is 0 Å². The van der Waals surface area contributed by atoms with Crippen LogP contribution in [0.3, 0.4) is 0 Å². The molecule has 0 N–H and O–H groups in total. The molecule has 3 heterocycles.